The Balaban J connectivity index is 2.06. The number of carbonyl (C=O) groups is 1. The van der Waals surface area contributed by atoms with Crippen LogP contribution in [0, 0.1) is 0 Å². The molecule has 1 aromatic carbocycles. The molecule has 2 rings (SSSR count). The summed E-state index contributed by atoms with van der Waals surface area (Å²) in [6, 6.07) is 12.9. The largest absolute Gasteiger partial charge is 0.375 e. The molecule has 0 aliphatic heterocycles. The average Bonchev–Trinajstić information content (AvgIpc) is 2.40. The Morgan fingerprint density at radius 2 is 1.76 bits per heavy atom. The number of rotatable bonds is 4. The molecule has 3 heteroatoms. The molecule has 0 aliphatic carbocycles. The van der Waals surface area contributed by atoms with Gasteiger partial charge in [-0.3, -0.25) is 9.78 Å². The van der Waals surface area contributed by atoms with Crippen LogP contribution in [0.4, 0.5) is 5.69 Å². The van der Waals surface area contributed by atoms with Crippen molar-refractivity contribution in [3.8, 4) is 0 Å². The highest BCUT2D eigenvalue weighted by molar-refractivity contribution is 6.01. The second-order valence-corrected chi connectivity index (χ2v) is 3.83. The van der Waals surface area contributed by atoms with Gasteiger partial charge in [-0.15, -0.1) is 0 Å². The number of ketones is 1. The highest BCUT2D eigenvalue weighted by atomic mass is 16.1. The molecule has 0 amide bonds. The summed E-state index contributed by atoms with van der Waals surface area (Å²) in [6.07, 6.45) is 3.25. The van der Waals surface area contributed by atoms with E-state index in [1.807, 2.05) is 37.3 Å². The first kappa shape index (κ1) is 11.3. The second kappa shape index (κ2) is 5.25. The maximum atomic E-state index is 12.1. The smallest absolute Gasteiger partial charge is 0.184 e. The lowest BCUT2D eigenvalue weighted by molar-refractivity contribution is 0.0975. The normalized spacial score (nSPS) is 11.8. The molecule has 2 aromatic rings. The molecule has 86 valence electrons. The monoisotopic (exact) mass is 226 g/mol. The van der Waals surface area contributed by atoms with Crippen molar-refractivity contribution in [2.24, 2.45) is 0 Å². The molecule has 1 N–H and O–H groups in total. The van der Waals surface area contributed by atoms with Gasteiger partial charge in [0.2, 0.25) is 0 Å². The van der Waals surface area contributed by atoms with E-state index < -0.39 is 0 Å². The number of hydrogen-bond acceptors (Lipinski definition) is 3. The zero-order valence-corrected chi connectivity index (χ0v) is 9.63. The first-order valence-corrected chi connectivity index (χ1v) is 5.53. The highest BCUT2D eigenvalue weighted by Crippen LogP contribution is 2.10. The third-order valence-corrected chi connectivity index (χ3v) is 2.52. The van der Waals surface area contributed by atoms with Crippen LogP contribution in [0.25, 0.3) is 0 Å². The second-order valence-electron chi connectivity index (χ2n) is 3.83. The van der Waals surface area contributed by atoms with Gasteiger partial charge in [-0.1, -0.05) is 18.2 Å². The van der Waals surface area contributed by atoms with Crippen LogP contribution < -0.4 is 5.32 Å². The molecule has 1 atom stereocenters. The maximum Gasteiger partial charge on any atom is 0.184 e. The summed E-state index contributed by atoms with van der Waals surface area (Å²) in [5.74, 6) is 0.0660. The van der Waals surface area contributed by atoms with E-state index in [2.05, 4.69) is 10.3 Å². The summed E-state index contributed by atoms with van der Waals surface area (Å²) < 4.78 is 0. The van der Waals surface area contributed by atoms with Gasteiger partial charge in [-0.25, -0.2) is 0 Å². The number of pyridine rings is 1. The molecular formula is C14H14N2O. The van der Waals surface area contributed by atoms with Crippen molar-refractivity contribution in [1.29, 1.82) is 0 Å². The lowest BCUT2D eigenvalue weighted by Gasteiger charge is -2.13. The van der Waals surface area contributed by atoms with Crippen LogP contribution in [0.3, 0.4) is 0 Å². The van der Waals surface area contributed by atoms with Gasteiger partial charge >= 0.3 is 0 Å². The highest BCUT2D eigenvalue weighted by Gasteiger charge is 2.14. The number of hydrogen-bond donors (Lipinski definition) is 1. The van der Waals surface area contributed by atoms with Crippen LogP contribution in [0.5, 0.6) is 0 Å². The topological polar surface area (TPSA) is 42.0 Å². The van der Waals surface area contributed by atoms with Gasteiger partial charge in [-0.05, 0) is 31.2 Å². The van der Waals surface area contributed by atoms with Crippen molar-refractivity contribution in [3.05, 3.63) is 60.4 Å². The number of carbonyl (C=O) groups excluding carboxylic acids is 1. The molecule has 0 saturated heterocycles. The van der Waals surface area contributed by atoms with Crippen LogP contribution in [0.15, 0.2) is 54.9 Å². The number of nitrogens with zero attached hydrogens (tertiary/aromatic N) is 1. The summed E-state index contributed by atoms with van der Waals surface area (Å²) in [7, 11) is 0. The van der Waals surface area contributed by atoms with E-state index >= 15 is 0 Å². The van der Waals surface area contributed by atoms with E-state index in [1.54, 1.807) is 24.5 Å². The SMILES string of the molecule is CC(Nc1ccccc1)C(=O)c1ccncc1. The Bertz CT molecular complexity index is 482. The Morgan fingerprint density at radius 1 is 1.12 bits per heavy atom. The molecule has 0 spiro atoms. The number of aromatic nitrogens is 1. The first-order valence-electron chi connectivity index (χ1n) is 5.53. The van der Waals surface area contributed by atoms with Crippen molar-refractivity contribution in [3.63, 3.8) is 0 Å². The molecule has 0 aliphatic rings. The van der Waals surface area contributed by atoms with E-state index in [-0.39, 0.29) is 11.8 Å². The van der Waals surface area contributed by atoms with Crippen molar-refractivity contribution in [1.82, 2.24) is 4.98 Å². The predicted molar refractivity (Wildman–Crippen MR) is 68.1 cm³/mol. The van der Waals surface area contributed by atoms with Crippen LogP contribution in [-0.2, 0) is 0 Å². The van der Waals surface area contributed by atoms with E-state index in [9.17, 15) is 4.79 Å². The lowest BCUT2D eigenvalue weighted by Crippen LogP contribution is -2.26. The Kier molecular flexibility index (Phi) is 3.50. The Hall–Kier alpha value is -2.16. The Labute approximate surface area is 101 Å². The first-order chi connectivity index (χ1) is 8.27. The van der Waals surface area contributed by atoms with Crippen LogP contribution in [0.2, 0.25) is 0 Å². The van der Waals surface area contributed by atoms with Crippen LogP contribution in [0.1, 0.15) is 17.3 Å². The molecule has 0 fully saturated rings. The molecule has 1 heterocycles. The summed E-state index contributed by atoms with van der Waals surface area (Å²) >= 11 is 0. The minimum atomic E-state index is -0.250. The molecule has 0 bridgehead atoms. The molecule has 17 heavy (non-hydrogen) atoms. The number of para-hydroxylation sites is 1. The summed E-state index contributed by atoms with van der Waals surface area (Å²) in [6.45, 7) is 1.86. The quantitative estimate of drug-likeness (QED) is 0.815. The fraction of sp³-hybridized carbons (Fsp3) is 0.143. The number of Topliss-reactive ketones (excluding diaryl/α,β-unsaturated/α-hetero) is 1. The standard InChI is InChI=1S/C14H14N2O/c1-11(16-13-5-3-2-4-6-13)14(17)12-7-9-15-10-8-12/h2-11,16H,1H3. The lowest BCUT2D eigenvalue weighted by atomic mass is 10.1. The van der Waals surface area contributed by atoms with Gasteiger partial charge < -0.3 is 5.32 Å². The summed E-state index contributed by atoms with van der Waals surface area (Å²) in [5.41, 5.74) is 1.62. The van der Waals surface area contributed by atoms with E-state index in [1.165, 1.54) is 0 Å². The van der Waals surface area contributed by atoms with Crippen LogP contribution >= 0.6 is 0 Å². The van der Waals surface area contributed by atoms with E-state index in [0.29, 0.717) is 5.56 Å². The average molecular weight is 226 g/mol. The van der Waals surface area contributed by atoms with Crippen molar-refractivity contribution >= 4 is 11.5 Å². The fourth-order valence-electron chi connectivity index (χ4n) is 1.62. The van der Waals surface area contributed by atoms with Gasteiger partial charge in [0.05, 0.1) is 6.04 Å². The van der Waals surface area contributed by atoms with Crippen molar-refractivity contribution < 1.29 is 4.79 Å². The molecule has 0 radical (unpaired) electrons. The number of benzene rings is 1. The molecule has 1 unspecified atom stereocenters. The number of anilines is 1. The molecule has 0 saturated carbocycles. The molecule has 3 nitrogen and oxygen atoms in total. The predicted octanol–water partition coefficient (Wildman–Crippen LogP) is 2.76. The number of nitrogens with one attached hydrogen (secondary N) is 1. The zero-order chi connectivity index (χ0) is 12.1. The minimum Gasteiger partial charge on any atom is -0.375 e. The van der Waals surface area contributed by atoms with E-state index in [0.717, 1.165) is 5.69 Å². The van der Waals surface area contributed by atoms with Gasteiger partial charge in [0, 0.05) is 23.6 Å². The van der Waals surface area contributed by atoms with Gasteiger partial charge in [0.25, 0.3) is 0 Å². The summed E-state index contributed by atoms with van der Waals surface area (Å²) in [5, 5.41) is 3.17. The van der Waals surface area contributed by atoms with Gasteiger partial charge in [0.15, 0.2) is 5.78 Å². The van der Waals surface area contributed by atoms with Crippen molar-refractivity contribution in [2.45, 2.75) is 13.0 Å². The Morgan fingerprint density at radius 3 is 2.41 bits per heavy atom. The maximum absolute atomic E-state index is 12.1. The minimum absolute atomic E-state index is 0.0660. The third kappa shape index (κ3) is 2.91. The zero-order valence-electron chi connectivity index (χ0n) is 9.63. The molecule has 1 aromatic heterocycles. The van der Waals surface area contributed by atoms with Crippen molar-refractivity contribution in [2.75, 3.05) is 5.32 Å². The fourth-order valence-corrected chi connectivity index (χ4v) is 1.62. The van der Waals surface area contributed by atoms with Gasteiger partial charge in [-0.2, -0.15) is 0 Å². The molecular weight excluding hydrogens is 212 g/mol. The van der Waals surface area contributed by atoms with Gasteiger partial charge in [0.1, 0.15) is 0 Å². The summed E-state index contributed by atoms with van der Waals surface area (Å²) in [4.78, 5) is 16.0. The third-order valence-electron chi connectivity index (χ3n) is 2.52. The van der Waals surface area contributed by atoms with Crippen LogP contribution in [-0.4, -0.2) is 16.8 Å². The van der Waals surface area contributed by atoms with E-state index in [4.69, 9.17) is 0 Å².